The highest BCUT2D eigenvalue weighted by Gasteiger charge is 2.16. The summed E-state index contributed by atoms with van der Waals surface area (Å²) in [6, 6.07) is 2.72. The van der Waals surface area contributed by atoms with Crippen molar-refractivity contribution in [3.8, 4) is 0 Å². The Labute approximate surface area is 115 Å². The lowest BCUT2D eigenvalue weighted by Crippen LogP contribution is -2.29. The summed E-state index contributed by atoms with van der Waals surface area (Å²) in [5.74, 6) is -1.05. The number of alkyl halides is 1. The van der Waals surface area contributed by atoms with E-state index in [9.17, 15) is 8.78 Å². The summed E-state index contributed by atoms with van der Waals surface area (Å²) >= 11 is 3.19. The summed E-state index contributed by atoms with van der Waals surface area (Å²) in [7, 11) is 0. The van der Waals surface area contributed by atoms with Crippen LogP contribution in [-0.2, 0) is 10.1 Å². The normalized spacial score (nSPS) is 10.7. The highest BCUT2D eigenvalue weighted by Crippen LogP contribution is 2.25. The maximum Gasteiger partial charge on any atom is 0.149 e. The topological polar surface area (TPSA) is 12.5 Å². The quantitative estimate of drug-likeness (QED) is 0.560. The number of benzene rings is 1. The molecule has 18 heavy (non-hydrogen) atoms. The van der Waals surface area contributed by atoms with Crippen LogP contribution in [0.4, 0.5) is 14.5 Å². The third-order valence-electron chi connectivity index (χ3n) is 2.64. The second-order valence-corrected chi connectivity index (χ2v) is 4.38. The van der Waals surface area contributed by atoms with Crippen molar-refractivity contribution in [2.45, 2.75) is 19.2 Å². The van der Waals surface area contributed by atoms with Crippen LogP contribution in [0.5, 0.6) is 0 Å². The van der Waals surface area contributed by atoms with Crippen molar-refractivity contribution in [3.05, 3.63) is 29.3 Å². The number of hydrogen-bond donors (Lipinski definition) is 0. The molecule has 0 amide bonds. The van der Waals surface area contributed by atoms with E-state index in [-0.39, 0.29) is 5.69 Å². The number of ether oxygens (including phenoxy) is 1. The fourth-order valence-corrected chi connectivity index (χ4v) is 2.07. The summed E-state index contributed by atoms with van der Waals surface area (Å²) in [6.45, 7) is 5.83. The van der Waals surface area contributed by atoms with Gasteiger partial charge in [-0.05, 0) is 31.5 Å². The van der Waals surface area contributed by atoms with E-state index in [1.54, 1.807) is 4.90 Å². The van der Waals surface area contributed by atoms with Crippen molar-refractivity contribution in [3.63, 3.8) is 0 Å². The lowest BCUT2D eigenvalue weighted by atomic mass is 10.2. The van der Waals surface area contributed by atoms with Gasteiger partial charge < -0.3 is 9.64 Å². The highest BCUT2D eigenvalue weighted by molar-refractivity contribution is 9.08. The molecule has 1 aromatic rings. The standard InChI is InChI=1S/C13H18BrF2NO/c1-3-17(5-6-18-4-2)13-11(15)7-10(9-14)8-12(13)16/h7-8H,3-6,9H2,1-2H3. The molecule has 0 N–H and O–H groups in total. The summed E-state index contributed by atoms with van der Waals surface area (Å²) in [4.78, 5) is 1.65. The van der Waals surface area contributed by atoms with Crippen molar-refractivity contribution < 1.29 is 13.5 Å². The fraction of sp³-hybridized carbons (Fsp3) is 0.538. The maximum absolute atomic E-state index is 13.9. The molecular weight excluding hydrogens is 304 g/mol. The minimum atomic E-state index is -0.525. The van der Waals surface area contributed by atoms with Gasteiger partial charge in [-0.25, -0.2) is 8.78 Å². The SMILES string of the molecule is CCOCCN(CC)c1c(F)cc(CBr)cc1F. The summed E-state index contributed by atoms with van der Waals surface area (Å²) in [5, 5.41) is 0.437. The fourth-order valence-electron chi connectivity index (χ4n) is 1.74. The molecule has 102 valence electrons. The van der Waals surface area contributed by atoms with Gasteiger partial charge in [-0.2, -0.15) is 0 Å². The highest BCUT2D eigenvalue weighted by atomic mass is 79.9. The third kappa shape index (κ3) is 3.92. The zero-order valence-electron chi connectivity index (χ0n) is 10.7. The number of rotatable bonds is 7. The third-order valence-corrected chi connectivity index (χ3v) is 3.29. The van der Waals surface area contributed by atoms with Crippen LogP contribution in [0.1, 0.15) is 19.4 Å². The molecule has 0 fully saturated rings. The molecule has 0 aliphatic heterocycles. The number of nitrogens with zero attached hydrogens (tertiary/aromatic N) is 1. The molecule has 0 heterocycles. The van der Waals surface area contributed by atoms with Gasteiger partial charge in [0.25, 0.3) is 0 Å². The Morgan fingerprint density at radius 2 is 1.83 bits per heavy atom. The van der Waals surface area contributed by atoms with E-state index in [1.165, 1.54) is 12.1 Å². The maximum atomic E-state index is 13.9. The van der Waals surface area contributed by atoms with Crippen LogP contribution in [0.25, 0.3) is 0 Å². The lowest BCUT2D eigenvalue weighted by molar-refractivity contribution is 0.154. The number of hydrogen-bond acceptors (Lipinski definition) is 2. The predicted molar refractivity (Wildman–Crippen MR) is 73.4 cm³/mol. The number of likely N-dealkylation sites (N-methyl/N-ethyl adjacent to an activating group) is 1. The zero-order chi connectivity index (χ0) is 13.5. The van der Waals surface area contributed by atoms with Crippen LogP contribution in [0, 0.1) is 11.6 Å². The Bertz CT molecular complexity index is 364. The zero-order valence-corrected chi connectivity index (χ0v) is 12.3. The van der Waals surface area contributed by atoms with Gasteiger partial charge in [0.1, 0.15) is 17.3 Å². The van der Waals surface area contributed by atoms with Crippen molar-refractivity contribution >= 4 is 21.6 Å². The monoisotopic (exact) mass is 321 g/mol. The molecule has 2 nitrogen and oxygen atoms in total. The van der Waals surface area contributed by atoms with Crippen molar-refractivity contribution in [2.75, 3.05) is 31.2 Å². The van der Waals surface area contributed by atoms with Gasteiger partial charge in [0, 0.05) is 25.0 Å². The second kappa shape index (κ2) is 7.69. The number of halogens is 3. The first-order valence-electron chi connectivity index (χ1n) is 6.00. The molecular formula is C13H18BrF2NO. The van der Waals surface area contributed by atoms with Crippen LogP contribution in [0.3, 0.4) is 0 Å². The molecule has 0 saturated carbocycles. The van der Waals surface area contributed by atoms with Gasteiger partial charge in [0.05, 0.1) is 6.61 Å². The van der Waals surface area contributed by atoms with Gasteiger partial charge in [-0.15, -0.1) is 0 Å². The minimum absolute atomic E-state index is 0.0295. The largest absolute Gasteiger partial charge is 0.380 e. The molecule has 0 aromatic heterocycles. The van der Waals surface area contributed by atoms with Crippen LogP contribution in [0.15, 0.2) is 12.1 Å². The Hall–Kier alpha value is -0.680. The van der Waals surface area contributed by atoms with Gasteiger partial charge in [-0.1, -0.05) is 15.9 Å². The molecule has 0 saturated heterocycles. The minimum Gasteiger partial charge on any atom is -0.380 e. The molecule has 0 unspecified atom stereocenters. The first-order valence-corrected chi connectivity index (χ1v) is 7.12. The van der Waals surface area contributed by atoms with E-state index in [1.807, 2.05) is 13.8 Å². The lowest BCUT2D eigenvalue weighted by Gasteiger charge is -2.24. The molecule has 1 aromatic carbocycles. The summed E-state index contributed by atoms with van der Waals surface area (Å²) in [6.07, 6.45) is 0. The summed E-state index contributed by atoms with van der Waals surface area (Å²) < 4.78 is 33.0. The van der Waals surface area contributed by atoms with Gasteiger partial charge in [0.2, 0.25) is 0 Å². The molecule has 0 spiro atoms. The van der Waals surface area contributed by atoms with Gasteiger partial charge >= 0.3 is 0 Å². The molecule has 1 rings (SSSR count). The van der Waals surface area contributed by atoms with Crippen molar-refractivity contribution in [1.29, 1.82) is 0 Å². The average molecular weight is 322 g/mol. The van der Waals surface area contributed by atoms with Crippen LogP contribution in [0.2, 0.25) is 0 Å². The number of anilines is 1. The van der Waals surface area contributed by atoms with E-state index in [4.69, 9.17) is 4.74 Å². The Kier molecular flexibility index (Phi) is 6.57. The van der Waals surface area contributed by atoms with E-state index in [0.29, 0.717) is 37.2 Å². The Morgan fingerprint density at radius 3 is 2.28 bits per heavy atom. The van der Waals surface area contributed by atoms with E-state index >= 15 is 0 Å². The van der Waals surface area contributed by atoms with Gasteiger partial charge in [0.15, 0.2) is 0 Å². The second-order valence-electron chi connectivity index (χ2n) is 3.82. The van der Waals surface area contributed by atoms with Crippen molar-refractivity contribution in [1.82, 2.24) is 0 Å². The Balaban J connectivity index is 2.91. The first kappa shape index (κ1) is 15.4. The van der Waals surface area contributed by atoms with Gasteiger partial charge in [-0.3, -0.25) is 0 Å². The average Bonchev–Trinajstić information content (AvgIpc) is 2.35. The predicted octanol–water partition coefficient (Wildman–Crippen LogP) is 3.72. The van der Waals surface area contributed by atoms with E-state index in [0.717, 1.165) is 0 Å². The molecule has 0 aliphatic rings. The molecule has 0 bridgehead atoms. The van der Waals surface area contributed by atoms with Crippen LogP contribution >= 0.6 is 15.9 Å². The molecule has 5 heteroatoms. The molecule has 0 aliphatic carbocycles. The molecule has 0 radical (unpaired) electrons. The first-order chi connectivity index (χ1) is 8.63. The smallest absolute Gasteiger partial charge is 0.149 e. The molecule has 0 atom stereocenters. The van der Waals surface area contributed by atoms with E-state index < -0.39 is 11.6 Å². The van der Waals surface area contributed by atoms with E-state index in [2.05, 4.69) is 15.9 Å². The summed E-state index contributed by atoms with van der Waals surface area (Å²) in [5.41, 5.74) is 0.622. The Morgan fingerprint density at radius 1 is 1.22 bits per heavy atom. The van der Waals surface area contributed by atoms with Crippen LogP contribution in [-0.4, -0.2) is 26.3 Å². The van der Waals surface area contributed by atoms with Crippen LogP contribution < -0.4 is 4.90 Å². The van der Waals surface area contributed by atoms with Crippen molar-refractivity contribution in [2.24, 2.45) is 0 Å².